The summed E-state index contributed by atoms with van der Waals surface area (Å²) >= 11 is 6.95. The van der Waals surface area contributed by atoms with Gasteiger partial charge in [0, 0.05) is 10.4 Å². The van der Waals surface area contributed by atoms with Crippen molar-refractivity contribution < 1.29 is 18.3 Å². The van der Waals surface area contributed by atoms with Crippen LogP contribution in [0.15, 0.2) is 22.4 Å². The molecule has 0 atom stereocenters. The molecule has 0 unspecified atom stereocenters. The number of benzene rings is 1. The summed E-state index contributed by atoms with van der Waals surface area (Å²) in [4.78, 5) is 15.0. The van der Waals surface area contributed by atoms with Crippen molar-refractivity contribution in [2.45, 2.75) is 18.7 Å². The van der Waals surface area contributed by atoms with Crippen LogP contribution < -0.4 is 4.72 Å². The van der Waals surface area contributed by atoms with Gasteiger partial charge in [-0.3, -0.25) is 4.72 Å². The van der Waals surface area contributed by atoms with Gasteiger partial charge in [-0.25, -0.2) is 18.2 Å². The second-order valence-electron chi connectivity index (χ2n) is 4.28. The number of carboxylic acid groups (broad SMARTS) is 1. The van der Waals surface area contributed by atoms with Crippen molar-refractivity contribution in [3.8, 4) is 0 Å². The number of thiazole rings is 1. The summed E-state index contributed by atoms with van der Waals surface area (Å²) in [6, 6.07) is 2.43. The molecule has 21 heavy (non-hydrogen) atoms. The average Bonchev–Trinajstić information content (AvgIpc) is 2.76. The van der Waals surface area contributed by atoms with Gasteiger partial charge < -0.3 is 5.11 Å². The van der Waals surface area contributed by atoms with E-state index in [1.165, 1.54) is 19.1 Å². The average molecular weight is 347 g/mol. The number of sulfonamides is 1. The standard InChI is InChI=1S/C12H11ClN2O4S2/c1-6-5-20-12(14-6)15-21(18,19)10-4-8(13)3-9(7(10)2)11(16)17/h3-5H,1-2H3,(H,14,15)(H,16,17). The normalized spacial score (nSPS) is 11.4. The van der Waals surface area contributed by atoms with Crippen molar-refractivity contribution in [3.63, 3.8) is 0 Å². The molecule has 0 fully saturated rings. The molecule has 9 heteroatoms. The maximum Gasteiger partial charge on any atom is 0.336 e. The van der Waals surface area contributed by atoms with E-state index in [2.05, 4.69) is 9.71 Å². The SMILES string of the molecule is Cc1csc(NS(=O)(=O)c2cc(Cl)cc(C(=O)O)c2C)n1. The maximum absolute atomic E-state index is 12.4. The number of aromatic nitrogens is 1. The summed E-state index contributed by atoms with van der Waals surface area (Å²) < 4.78 is 27.0. The summed E-state index contributed by atoms with van der Waals surface area (Å²) in [6.07, 6.45) is 0. The van der Waals surface area contributed by atoms with Gasteiger partial charge in [-0.2, -0.15) is 0 Å². The number of carbonyl (C=O) groups is 1. The highest BCUT2D eigenvalue weighted by Gasteiger charge is 2.23. The Morgan fingerprint density at radius 1 is 1.38 bits per heavy atom. The molecule has 1 aromatic heterocycles. The summed E-state index contributed by atoms with van der Waals surface area (Å²) in [5, 5.41) is 11.0. The molecule has 2 rings (SSSR count). The molecule has 1 aromatic carbocycles. The highest BCUT2D eigenvalue weighted by molar-refractivity contribution is 7.93. The Hall–Kier alpha value is -1.64. The van der Waals surface area contributed by atoms with Crippen molar-refractivity contribution in [1.82, 2.24) is 4.98 Å². The van der Waals surface area contributed by atoms with E-state index in [1.54, 1.807) is 12.3 Å². The number of hydrogen-bond donors (Lipinski definition) is 2. The second-order valence-corrected chi connectivity index (χ2v) is 7.23. The fraction of sp³-hybridized carbons (Fsp3) is 0.167. The lowest BCUT2D eigenvalue weighted by Crippen LogP contribution is -2.16. The largest absolute Gasteiger partial charge is 0.478 e. The summed E-state index contributed by atoms with van der Waals surface area (Å²) in [7, 11) is -3.96. The van der Waals surface area contributed by atoms with E-state index in [9.17, 15) is 13.2 Å². The van der Waals surface area contributed by atoms with Crippen molar-refractivity contribution in [1.29, 1.82) is 0 Å². The van der Waals surface area contributed by atoms with Crippen molar-refractivity contribution in [3.05, 3.63) is 39.4 Å². The third-order valence-electron chi connectivity index (χ3n) is 2.69. The molecular formula is C12H11ClN2O4S2. The van der Waals surface area contributed by atoms with Gasteiger partial charge in [-0.05, 0) is 31.5 Å². The van der Waals surface area contributed by atoms with Crippen LogP contribution in [0.5, 0.6) is 0 Å². The molecule has 0 saturated heterocycles. The molecular weight excluding hydrogens is 336 g/mol. The van der Waals surface area contributed by atoms with Gasteiger partial charge in [0.15, 0.2) is 5.13 Å². The van der Waals surface area contributed by atoms with E-state index in [0.717, 1.165) is 11.3 Å². The number of halogens is 1. The fourth-order valence-corrected chi connectivity index (χ4v) is 4.24. The molecule has 2 aromatic rings. The van der Waals surface area contributed by atoms with E-state index in [0.29, 0.717) is 5.69 Å². The number of nitrogens with zero attached hydrogens (tertiary/aromatic N) is 1. The zero-order valence-corrected chi connectivity index (χ0v) is 13.4. The number of hydrogen-bond acceptors (Lipinski definition) is 5. The van der Waals surface area contributed by atoms with Crippen molar-refractivity contribution in [2.24, 2.45) is 0 Å². The van der Waals surface area contributed by atoms with Crippen LogP contribution in [0.25, 0.3) is 0 Å². The number of aromatic carboxylic acids is 1. The minimum atomic E-state index is -3.96. The molecule has 0 aliphatic heterocycles. The van der Waals surface area contributed by atoms with Crippen LogP contribution >= 0.6 is 22.9 Å². The lowest BCUT2D eigenvalue weighted by Gasteiger charge is -2.11. The van der Waals surface area contributed by atoms with Gasteiger partial charge in [0.05, 0.1) is 16.2 Å². The third kappa shape index (κ3) is 3.34. The fourth-order valence-electron chi connectivity index (χ4n) is 1.73. The third-order valence-corrected chi connectivity index (χ3v) is 5.37. The zero-order chi connectivity index (χ0) is 15.8. The van der Waals surface area contributed by atoms with Crippen molar-refractivity contribution >= 4 is 44.1 Å². The Kier molecular flexibility index (Phi) is 4.22. The van der Waals surface area contributed by atoms with Crippen LogP contribution in [-0.4, -0.2) is 24.5 Å². The van der Waals surface area contributed by atoms with Gasteiger partial charge in [0.1, 0.15) is 0 Å². The topological polar surface area (TPSA) is 96.4 Å². The van der Waals surface area contributed by atoms with Crippen LogP contribution in [0.2, 0.25) is 5.02 Å². The molecule has 0 amide bonds. The van der Waals surface area contributed by atoms with Gasteiger partial charge in [0.25, 0.3) is 10.0 Å². The van der Waals surface area contributed by atoms with Crippen LogP contribution in [0.4, 0.5) is 5.13 Å². The number of rotatable bonds is 4. The molecule has 0 aliphatic carbocycles. The van der Waals surface area contributed by atoms with E-state index >= 15 is 0 Å². The molecule has 112 valence electrons. The number of aryl methyl sites for hydroxylation is 1. The molecule has 6 nitrogen and oxygen atoms in total. The van der Waals surface area contributed by atoms with E-state index in [4.69, 9.17) is 16.7 Å². The van der Waals surface area contributed by atoms with E-state index in [-0.39, 0.29) is 26.2 Å². The molecule has 0 aliphatic rings. The number of nitrogens with one attached hydrogen (secondary N) is 1. The Bertz CT molecular complexity index is 815. The summed E-state index contributed by atoms with van der Waals surface area (Å²) in [5.41, 5.74) is 0.651. The molecule has 2 N–H and O–H groups in total. The summed E-state index contributed by atoms with van der Waals surface area (Å²) in [6.45, 7) is 3.16. The predicted octanol–water partition coefficient (Wildman–Crippen LogP) is 2.91. The van der Waals surface area contributed by atoms with Gasteiger partial charge in [0.2, 0.25) is 0 Å². The zero-order valence-electron chi connectivity index (χ0n) is 11.0. The molecule has 0 bridgehead atoms. The van der Waals surface area contributed by atoms with Crippen LogP contribution in [0.1, 0.15) is 21.6 Å². The molecule has 0 saturated carbocycles. The van der Waals surface area contributed by atoms with Gasteiger partial charge >= 0.3 is 5.97 Å². The lowest BCUT2D eigenvalue weighted by molar-refractivity contribution is 0.0696. The van der Waals surface area contributed by atoms with Crippen LogP contribution in [0.3, 0.4) is 0 Å². The first-order valence-corrected chi connectivity index (χ1v) is 8.43. The molecule has 0 spiro atoms. The predicted molar refractivity (Wildman–Crippen MR) is 80.8 cm³/mol. The smallest absolute Gasteiger partial charge is 0.336 e. The highest BCUT2D eigenvalue weighted by atomic mass is 35.5. The minimum absolute atomic E-state index is 0.0358. The van der Waals surface area contributed by atoms with Gasteiger partial charge in [-0.15, -0.1) is 11.3 Å². The monoisotopic (exact) mass is 346 g/mol. The summed E-state index contributed by atoms with van der Waals surface area (Å²) in [5.74, 6) is -1.24. The molecule has 1 heterocycles. The van der Waals surface area contributed by atoms with Gasteiger partial charge in [-0.1, -0.05) is 11.6 Å². The van der Waals surface area contributed by atoms with Crippen LogP contribution in [0, 0.1) is 13.8 Å². The number of anilines is 1. The Morgan fingerprint density at radius 3 is 2.57 bits per heavy atom. The maximum atomic E-state index is 12.4. The van der Waals surface area contributed by atoms with E-state index in [1.807, 2.05) is 0 Å². The van der Waals surface area contributed by atoms with Crippen LogP contribution in [-0.2, 0) is 10.0 Å². The lowest BCUT2D eigenvalue weighted by atomic mass is 10.1. The van der Waals surface area contributed by atoms with E-state index < -0.39 is 16.0 Å². The molecule has 0 radical (unpaired) electrons. The first-order valence-electron chi connectivity index (χ1n) is 5.69. The first kappa shape index (κ1) is 15.7. The highest BCUT2D eigenvalue weighted by Crippen LogP contribution is 2.27. The second kappa shape index (κ2) is 5.63. The number of carboxylic acids is 1. The Labute approximate surface area is 130 Å². The minimum Gasteiger partial charge on any atom is -0.478 e. The van der Waals surface area contributed by atoms with Crippen molar-refractivity contribution in [2.75, 3.05) is 4.72 Å². The quantitative estimate of drug-likeness (QED) is 0.887. The Balaban J connectivity index is 2.52. The Morgan fingerprint density at radius 2 is 2.05 bits per heavy atom. The first-order chi connectivity index (χ1) is 9.70.